The average molecular weight is 1060 g/mol. The van der Waals surface area contributed by atoms with Crippen LogP contribution in [0.5, 0.6) is 0 Å². The molecule has 3 aliphatic heterocycles. The summed E-state index contributed by atoms with van der Waals surface area (Å²) in [6, 6.07) is 24.8. The molecule has 0 bridgehead atoms. The lowest BCUT2D eigenvalue weighted by Gasteiger charge is -2.49. The van der Waals surface area contributed by atoms with E-state index in [1.54, 1.807) is 146 Å². The molecule has 18 heteroatoms. The third-order valence-corrected chi connectivity index (χ3v) is 15.5. The Morgan fingerprint density at radius 3 is 1.79 bits per heavy atom. The summed E-state index contributed by atoms with van der Waals surface area (Å²) < 4.78 is 51.9. The Labute approximate surface area is 447 Å². The number of hydrogen-bond acceptors (Lipinski definition) is 18. The molecule has 3 saturated heterocycles. The standard InChI is InChI=1S/C58H80N2O16/c1-14-43-58(10,67)48(61)35(4)45(59-76-54(65)41-28-22-17-23-29-41)33(2)31-56(8,66)49(75-55-47(42(60(11)12)30-34(3)69-55)73-52(63)39-24-18-15-19-25-39)36(5)46(37(6)51(62)71-43)72-44-32-57(9,68-13)50(38(7)70-44)74-53(64)40-26-20-16-21-27-40/h15-29,33-38,42-44,46-50,55,61,66-67H,14,30-32H2,1-13H3/t33?,34?,35?,36?,37?,38?,42?,43?,44-,46+,47?,48?,49?,50?,55+,56-,57-,58-/m1/s1. The van der Waals surface area contributed by atoms with E-state index in [0.29, 0.717) is 17.5 Å². The van der Waals surface area contributed by atoms with Crippen molar-refractivity contribution < 1.29 is 77.2 Å². The highest BCUT2D eigenvalue weighted by Gasteiger charge is 2.55. The van der Waals surface area contributed by atoms with Crippen LogP contribution in [0, 0.1) is 23.7 Å². The Bertz CT molecular complexity index is 2420. The van der Waals surface area contributed by atoms with E-state index in [4.69, 9.17) is 42.7 Å². The fraction of sp³-hybridized carbons (Fsp3) is 0.603. The van der Waals surface area contributed by atoms with E-state index in [1.165, 1.54) is 14.0 Å². The van der Waals surface area contributed by atoms with Gasteiger partial charge < -0.3 is 63.0 Å². The molecule has 76 heavy (non-hydrogen) atoms. The number of oxime groups is 1. The van der Waals surface area contributed by atoms with Gasteiger partial charge in [0.1, 0.15) is 17.3 Å². The van der Waals surface area contributed by atoms with Crippen molar-refractivity contribution >= 4 is 29.6 Å². The van der Waals surface area contributed by atoms with Gasteiger partial charge in [0.25, 0.3) is 0 Å². The third kappa shape index (κ3) is 13.9. The van der Waals surface area contributed by atoms with Crippen LogP contribution in [0.4, 0.5) is 0 Å². The van der Waals surface area contributed by atoms with Crippen LogP contribution in [0.1, 0.15) is 126 Å². The zero-order chi connectivity index (χ0) is 55.9. The highest BCUT2D eigenvalue weighted by Crippen LogP contribution is 2.42. The predicted molar refractivity (Wildman–Crippen MR) is 280 cm³/mol. The molecular formula is C58H80N2O16. The quantitative estimate of drug-likeness (QED) is 0.0668. The lowest BCUT2D eigenvalue weighted by atomic mass is 9.73. The van der Waals surface area contributed by atoms with E-state index in [0.717, 1.165) is 0 Å². The number of esters is 3. The number of benzene rings is 3. The fourth-order valence-electron chi connectivity index (χ4n) is 11.2. The molecule has 3 aromatic carbocycles. The van der Waals surface area contributed by atoms with Crippen LogP contribution in [0.15, 0.2) is 96.2 Å². The molecule has 3 heterocycles. The second-order valence-electron chi connectivity index (χ2n) is 21.8. The first-order valence-corrected chi connectivity index (χ1v) is 26.4. The summed E-state index contributed by atoms with van der Waals surface area (Å²) in [5.74, 6) is -6.90. The molecule has 0 aromatic heterocycles. The van der Waals surface area contributed by atoms with E-state index in [-0.39, 0.29) is 30.5 Å². The van der Waals surface area contributed by atoms with Crippen molar-refractivity contribution in [2.75, 3.05) is 21.2 Å². The van der Waals surface area contributed by atoms with Crippen LogP contribution in [-0.4, -0.2) is 155 Å². The van der Waals surface area contributed by atoms with Crippen molar-refractivity contribution in [1.29, 1.82) is 0 Å². The third-order valence-electron chi connectivity index (χ3n) is 15.5. The smallest absolute Gasteiger partial charge is 0.365 e. The first-order chi connectivity index (χ1) is 35.8. The second kappa shape index (κ2) is 25.5. The molecule has 3 N–H and O–H groups in total. The van der Waals surface area contributed by atoms with E-state index in [9.17, 15) is 34.5 Å². The van der Waals surface area contributed by atoms with Crippen molar-refractivity contribution in [3.63, 3.8) is 0 Å². The molecule has 0 spiro atoms. The Hall–Kier alpha value is -5.15. The van der Waals surface area contributed by atoms with Crippen molar-refractivity contribution in [1.82, 2.24) is 4.90 Å². The maximum absolute atomic E-state index is 14.8. The minimum atomic E-state index is -2.10. The van der Waals surface area contributed by atoms with Gasteiger partial charge in [-0.05, 0) is 111 Å². The molecule has 0 radical (unpaired) electrons. The van der Waals surface area contributed by atoms with Gasteiger partial charge in [-0.25, -0.2) is 14.4 Å². The highest BCUT2D eigenvalue weighted by atomic mass is 16.7. The molecule has 3 aliphatic rings. The van der Waals surface area contributed by atoms with Gasteiger partial charge in [-0.1, -0.05) is 87.4 Å². The number of aliphatic hydroxyl groups is 3. The summed E-state index contributed by atoms with van der Waals surface area (Å²) in [6.45, 7) is 16.6. The lowest BCUT2D eigenvalue weighted by molar-refractivity contribution is -0.317. The summed E-state index contributed by atoms with van der Waals surface area (Å²) in [6.07, 6.45) is -10.9. The summed E-state index contributed by atoms with van der Waals surface area (Å²) >= 11 is 0. The van der Waals surface area contributed by atoms with Crippen molar-refractivity contribution in [2.24, 2.45) is 28.8 Å². The highest BCUT2D eigenvalue weighted by molar-refractivity contribution is 5.92. The second-order valence-corrected chi connectivity index (χ2v) is 21.8. The first-order valence-electron chi connectivity index (χ1n) is 26.4. The van der Waals surface area contributed by atoms with E-state index in [1.807, 2.05) is 25.9 Å². The zero-order valence-corrected chi connectivity index (χ0v) is 46.2. The van der Waals surface area contributed by atoms with Gasteiger partial charge in [0.15, 0.2) is 24.8 Å². The fourth-order valence-corrected chi connectivity index (χ4v) is 11.2. The van der Waals surface area contributed by atoms with E-state index >= 15 is 0 Å². The van der Waals surface area contributed by atoms with E-state index in [2.05, 4.69) is 5.16 Å². The molecule has 3 aromatic rings. The number of aliphatic hydroxyl groups excluding tert-OH is 1. The van der Waals surface area contributed by atoms with Crippen LogP contribution in [-0.2, 0) is 47.5 Å². The van der Waals surface area contributed by atoms with Crippen molar-refractivity contribution in [3.8, 4) is 0 Å². The SMILES string of the molecule is CCC1OC(=O)C(C)[C@@H](O[C@@H]2C[C@@](C)(OC)C(OC(=O)c3ccccc3)C(C)O2)C(C)C(O[C@@H]2OC(C)CC(N(C)C)C2OC(=O)c2ccccc2)[C@](C)(O)CC(C)C(=NOC(=O)c2ccccc2)C(C)C(O)[C@]1(C)O. The number of methoxy groups -OCH3 is 1. The van der Waals surface area contributed by atoms with Crippen LogP contribution < -0.4 is 0 Å². The maximum Gasteiger partial charge on any atom is 0.365 e. The van der Waals surface area contributed by atoms with Crippen molar-refractivity contribution in [3.05, 3.63) is 108 Å². The molecule has 418 valence electrons. The van der Waals surface area contributed by atoms with Crippen LogP contribution >= 0.6 is 0 Å². The van der Waals surface area contributed by atoms with Gasteiger partial charge in [-0.3, -0.25) is 4.79 Å². The number of likely N-dealkylation sites (N-methyl/N-ethyl adjacent to an activating group) is 1. The Morgan fingerprint density at radius 2 is 1.26 bits per heavy atom. The molecule has 6 rings (SSSR count). The van der Waals surface area contributed by atoms with Gasteiger partial charge in [0, 0.05) is 31.3 Å². The van der Waals surface area contributed by atoms with Crippen LogP contribution in [0.25, 0.3) is 0 Å². The monoisotopic (exact) mass is 1060 g/mol. The van der Waals surface area contributed by atoms with Crippen LogP contribution in [0.2, 0.25) is 0 Å². The average Bonchev–Trinajstić information content (AvgIpc) is 3.39. The summed E-state index contributed by atoms with van der Waals surface area (Å²) in [5, 5.41) is 42.1. The summed E-state index contributed by atoms with van der Waals surface area (Å²) in [4.78, 5) is 63.1. The lowest BCUT2D eigenvalue weighted by Crippen LogP contribution is -2.62. The molecule has 0 aliphatic carbocycles. The van der Waals surface area contributed by atoms with Gasteiger partial charge in [0.05, 0.1) is 70.5 Å². The number of ether oxygens (including phenoxy) is 8. The number of carbonyl (C=O) groups excluding carboxylic acids is 4. The summed E-state index contributed by atoms with van der Waals surface area (Å²) in [7, 11) is 5.21. The number of cyclic esters (lactones) is 1. The molecule has 3 fully saturated rings. The molecule has 18 nitrogen and oxygen atoms in total. The number of hydrogen-bond donors (Lipinski definition) is 3. The van der Waals surface area contributed by atoms with E-state index < -0.39 is 132 Å². The topological polar surface area (TPSA) is 228 Å². The molecule has 0 amide bonds. The zero-order valence-electron chi connectivity index (χ0n) is 46.2. The Kier molecular flexibility index (Phi) is 20.2. The number of nitrogens with zero attached hydrogens (tertiary/aromatic N) is 2. The normalized spacial score (nSPS) is 37.4. The van der Waals surface area contributed by atoms with Gasteiger partial charge in [0.2, 0.25) is 0 Å². The van der Waals surface area contributed by atoms with Crippen LogP contribution in [0.3, 0.4) is 0 Å². The largest absolute Gasteiger partial charge is 0.459 e. The molecular weight excluding hydrogens is 981 g/mol. The number of rotatable bonds is 13. The first kappa shape index (κ1) is 60.1. The van der Waals surface area contributed by atoms with Gasteiger partial charge in [-0.2, -0.15) is 0 Å². The Balaban J connectivity index is 1.47. The summed E-state index contributed by atoms with van der Waals surface area (Å²) in [5.41, 5.74) is -4.32. The van der Waals surface area contributed by atoms with Gasteiger partial charge >= 0.3 is 23.9 Å². The Morgan fingerprint density at radius 1 is 0.724 bits per heavy atom. The van der Waals surface area contributed by atoms with Crippen molar-refractivity contribution in [2.45, 2.75) is 179 Å². The van der Waals surface area contributed by atoms with Gasteiger partial charge in [-0.15, -0.1) is 0 Å². The molecule has 0 saturated carbocycles. The molecule has 12 unspecified atom stereocenters. The minimum absolute atomic E-state index is 0.00626. The minimum Gasteiger partial charge on any atom is -0.459 e. The maximum atomic E-state index is 14.8. The molecule has 18 atom stereocenters. The number of carbonyl (C=O) groups is 4. The predicted octanol–water partition coefficient (Wildman–Crippen LogP) is 7.16.